The van der Waals surface area contributed by atoms with Gasteiger partial charge in [0.15, 0.2) is 5.82 Å². The third-order valence-corrected chi connectivity index (χ3v) is 4.52. The van der Waals surface area contributed by atoms with Crippen LogP contribution in [0.15, 0.2) is 24.4 Å². The molecule has 2 aliphatic carbocycles. The highest BCUT2D eigenvalue weighted by Gasteiger charge is 2.31. The van der Waals surface area contributed by atoms with Gasteiger partial charge in [0, 0.05) is 30.4 Å². The Morgan fingerprint density at radius 2 is 1.86 bits per heavy atom. The first-order chi connectivity index (χ1) is 10.2. The second-order valence-electron chi connectivity index (χ2n) is 6.49. The number of hydrogen-bond acceptors (Lipinski definition) is 3. The molecular weight excluding hydrogens is 265 g/mol. The molecule has 2 fully saturated rings. The highest BCUT2D eigenvalue weighted by molar-refractivity contribution is 5.98. The number of halogens is 1. The topological polar surface area (TPSA) is 42.1 Å². The summed E-state index contributed by atoms with van der Waals surface area (Å²) in [5.41, 5.74) is 7.78. The van der Waals surface area contributed by atoms with Gasteiger partial charge in [0.25, 0.3) is 0 Å². The first-order valence-electron chi connectivity index (χ1n) is 7.80. The summed E-state index contributed by atoms with van der Waals surface area (Å²) in [6.45, 7) is 1.89. The van der Waals surface area contributed by atoms with Crippen LogP contribution in [0.25, 0.3) is 10.9 Å². The molecule has 2 aromatic rings. The van der Waals surface area contributed by atoms with Crippen LogP contribution in [0.1, 0.15) is 25.7 Å². The molecule has 2 N–H and O–H groups in total. The molecule has 0 radical (unpaired) electrons. The molecule has 0 saturated heterocycles. The van der Waals surface area contributed by atoms with Crippen molar-refractivity contribution in [3.8, 4) is 0 Å². The normalized spacial score (nSPS) is 18.1. The van der Waals surface area contributed by atoms with Crippen molar-refractivity contribution in [2.24, 2.45) is 11.8 Å². The summed E-state index contributed by atoms with van der Waals surface area (Å²) in [4.78, 5) is 6.64. The highest BCUT2D eigenvalue weighted by atomic mass is 19.1. The van der Waals surface area contributed by atoms with Crippen molar-refractivity contribution >= 4 is 22.3 Å². The van der Waals surface area contributed by atoms with Crippen LogP contribution in [0, 0.1) is 17.7 Å². The molecule has 1 aromatic carbocycles. The number of benzene rings is 1. The maximum Gasteiger partial charge on any atom is 0.150 e. The van der Waals surface area contributed by atoms with Gasteiger partial charge in [0.1, 0.15) is 0 Å². The second-order valence-corrected chi connectivity index (χ2v) is 6.49. The van der Waals surface area contributed by atoms with Gasteiger partial charge in [0.05, 0.1) is 11.2 Å². The number of hydrogen-bond donors (Lipinski definition) is 1. The van der Waals surface area contributed by atoms with E-state index < -0.39 is 0 Å². The fourth-order valence-corrected chi connectivity index (χ4v) is 3.00. The molecule has 0 amide bonds. The predicted molar refractivity (Wildman–Crippen MR) is 83.8 cm³/mol. The standard InChI is InChI=1S/C17H20FN3/c18-14-8-15(19)13-2-1-7-20-16(13)17(14)21(9-11-3-4-11)10-12-5-6-12/h1-2,7-8,11-12H,3-6,9-10,19H2. The number of nitrogen functional groups attached to an aromatic ring is 1. The Hall–Kier alpha value is -1.84. The number of rotatable bonds is 5. The van der Waals surface area contributed by atoms with Gasteiger partial charge in [-0.05, 0) is 55.7 Å². The van der Waals surface area contributed by atoms with E-state index >= 15 is 0 Å². The molecule has 4 heteroatoms. The van der Waals surface area contributed by atoms with Crippen LogP contribution in [0.4, 0.5) is 15.8 Å². The summed E-state index contributed by atoms with van der Waals surface area (Å²) in [6, 6.07) is 5.23. The lowest BCUT2D eigenvalue weighted by Gasteiger charge is -2.26. The Balaban J connectivity index is 1.81. The van der Waals surface area contributed by atoms with E-state index in [1.165, 1.54) is 31.7 Å². The van der Waals surface area contributed by atoms with Gasteiger partial charge in [-0.2, -0.15) is 0 Å². The summed E-state index contributed by atoms with van der Waals surface area (Å²) >= 11 is 0. The van der Waals surface area contributed by atoms with Gasteiger partial charge < -0.3 is 10.6 Å². The molecule has 4 rings (SSSR count). The molecule has 110 valence electrons. The van der Waals surface area contributed by atoms with Crippen molar-refractivity contribution in [2.75, 3.05) is 23.7 Å². The fraction of sp³-hybridized carbons (Fsp3) is 0.471. The second kappa shape index (κ2) is 4.86. The smallest absolute Gasteiger partial charge is 0.150 e. The van der Waals surface area contributed by atoms with E-state index in [-0.39, 0.29) is 5.82 Å². The third-order valence-electron chi connectivity index (χ3n) is 4.52. The van der Waals surface area contributed by atoms with Gasteiger partial charge in [-0.25, -0.2) is 4.39 Å². The molecule has 1 aromatic heterocycles. The van der Waals surface area contributed by atoms with E-state index in [4.69, 9.17) is 5.73 Å². The minimum Gasteiger partial charge on any atom is -0.398 e. The average molecular weight is 285 g/mol. The Kier molecular flexibility index (Phi) is 2.98. The molecule has 2 saturated carbocycles. The third kappa shape index (κ3) is 2.55. The van der Waals surface area contributed by atoms with Crippen molar-refractivity contribution in [3.63, 3.8) is 0 Å². The van der Waals surface area contributed by atoms with Gasteiger partial charge >= 0.3 is 0 Å². The first-order valence-corrected chi connectivity index (χ1v) is 7.80. The van der Waals surface area contributed by atoms with Crippen LogP contribution in [0.3, 0.4) is 0 Å². The Morgan fingerprint density at radius 3 is 2.48 bits per heavy atom. The van der Waals surface area contributed by atoms with Crippen LogP contribution in [0.5, 0.6) is 0 Å². The van der Waals surface area contributed by atoms with Gasteiger partial charge in [0.2, 0.25) is 0 Å². The molecular formula is C17H20FN3. The lowest BCUT2D eigenvalue weighted by molar-refractivity contribution is 0.605. The van der Waals surface area contributed by atoms with Crippen LogP contribution < -0.4 is 10.6 Å². The van der Waals surface area contributed by atoms with E-state index in [9.17, 15) is 4.39 Å². The lowest BCUT2D eigenvalue weighted by atomic mass is 10.1. The average Bonchev–Trinajstić information content (AvgIpc) is 3.35. The number of nitrogens with two attached hydrogens (primary N) is 1. The minimum absolute atomic E-state index is 0.236. The van der Waals surface area contributed by atoms with Crippen molar-refractivity contribution in [1.82, 2.24) is 4.98 Å². The van der Waals surface area contributed by atoms with E-state index in [1.54, 1.807) is 6.20 Å². The zero-order valence-electron chi connectivity index (χ0n) is 12.1. The number of fused-ring (bicyclic) bond motifs is 1. The lowest BCUT2D eigenvalue weighted by Crippen LogP contribution is -2.29. The Morgan fingerprint density at radius 1 is 1.19 bits per heavy atom. The SMILES string of the molecule is Nc1cc(F)c(N(CC2CC2)CC2CC2)c2ncccc12. The fourth-order valence-electron chi connectivity index (χ4n) is 3.00. The molecule has 0 spiro atoms. The Bertz CT molecular complexity index is 663. The van der Waals surface area contributed by atoms with E-state index in [2.05, 4.69) is 9.88 Å². The molecule has 0 atom stereocenters. The van der Waals surface area contributed by atoms with Gasteiger partial charge in [-0.3, -0.25) is 4.98 Å². The van der Waals surface area contributed by atoms with Gasteiger partial charge in [-0.1, -0.05) is 0 Å². The molecule has 1 heterocycles. The van der Waals surface area contributed by atoms with E-state index in [1.807, 2.05) is 12.1 Å². The minimum atomic E-state index is -0.236. The number of anilines is 2. The molecule has 0 aliphatic heterocycles. The summed E-state index contributed by atoms with van der Waals surface area (Å²) in [5, 5.41) is 0.852. The Labute approximate surface area is 124 Å². The number of aromatic nitrogens is 1. The summed E-state index contributed by atoms with van der Waals surface area (Å²) < 4.78 is 14.6. The van der Waals surface area contributed by atoms with Crippen LogP contribution in [-0.2, 0) is 0 Å². The summed E-state index contributed by atoms with van der Waals surface area (Å²) in [5.74, 6) is 1.21. The molecule has 2 aliphatic rings. The van der Waals surface area contributed by atoms with Crippen molar-refractivity contribution < 1.29 is 4.39 Å². The van der Waals surface area contributed by atoms with Crippen molar-refractivity contribution in [3.05, 3.63) is 30.2 Å². The van der Waals surface area contributed by atoms with Crippen molar-refractivity contribution in [2.45, 2.75) is 25.7 Å². The predicted octanol–water partition coefficient (Wildman–Crippen LogP) is 3.58. The first kappa shape index (κ1) is 12.9. The highest BCUT2D eigenvalue weighted by Crippen LogP contribution is 2.39. The quantitative estimate of drug-likeness (QED) is 0.854. The molecule has 0 unspecified atom stereocenters. The molecule has 3 nitrogen and oxygen atoms in total. The summed E-state index contributed by atoms with van der Waals surface area (Å²) in [6.07, 6.45) is 6.79. The van der Waals surface area contributed by atoms with Crippen LogP contribution >= 0.6 is 0 Å². The van der Waals surface area contributed by atoms with E-state index in [0.717, 1.165) is 30.3 Å². The van der Waals surface area contributed by atoms with Crippen molar-refractivity contribution in [1.29, 1.82) is 0 Å². The number of pyridine rings is 1. The zero-order valence-corrected chi connectivity index (χ0v) is 12.1. The largest absolute Gasteiger partial charge is 0.398 e. The van der Waals surface area contributed by atoms with Crippen LogP contribution in [-0.4, -0.2) is 18.1 Å². The van der Waals surface area contributed by atoms with Crippen LogP contribution in [0.2, 0.25) is 0 Å². The summed E-state index contributed by atoms with van der Waals surface area (Å²) in [7, 11) is 0. The monoisotopic (exact) mass is 285 g/mol. The maximum atomic E-state index is 14.6. The van der Waals surface area contributed by atoms with E-state index in [0.29, 0.717) is 16.9 Å². The van der Waals surface area contributed by atoms with Gasteiger partial charge in [-0.15, -0.1) is 0 Å². The molecule has 0 bridgehead atoms. The number of nitrogens with zero attached hydrogens (tertiary/aromatic N) is 2. The maximum absolute atomic E-state index is 14.6. The zero-order chi connectivity index (χ0) is 14.4. The molecule has 21 heavy (non-hydrogen) atoms.